The van der Waals surface area contributed by atoms with E-state index in [4.69, 9.17) is 9.83 Å². The Hall–Kier alpha value is -4.34. The van der Waals surface area contributed by atoms with Crippen LogP contribution < -0.4 is 10.3 Å². The maximum Gasteiger partial charge on any atom is 0.341 e. The first kappa shape index (κ1) is 24.0. The Bertz CT molecular complexity index is 1600. The SMILES string of the molecule is CO/N=C1/CN(c2nc3c(cc2F)c(=O)c(C(=O)O)cn3C2CC2)CC1C/N=C1\CC=Cc2ccccc21. The molecule has 2 fully saturated rings. The molecule has 1 saturated carbocycles. The van der Waals surface area contributed by atoms with E-state index in [1.165, 1.54) is 13.3 Å². The summed E-state index contributed by atoms with van der Waals surface area (Å²) in [5.41, 5.74) is 3.14. The van der Waals surface area contributed by atoms with Gasteiger partial charge in [-0.15, -0.1) is 0 Å². The molecule has 1 aromatic carbocycles. The Labute approximate surface area is 217 Å². The molecule has 2 aromatic heterocycles. The number of rotatable bonds is 6. The number of aromatic nitrogens is 2. The Morgan fingerprint density at radius 2 is 2.11 bits per heavy atom. The van der Waals surface area contributed by atoms with Crippen molar-refractivity contribution in [1.82, 2.24) is 9.55 Å². The molecule has 0 amide bonds. The zero-order valence-corrected chi connectivity index (χ0v) is 20.8. The van der Waals surface area contributed by atoms with Gasteiger partial charge in [0.15, 0.2) is 11.6 Å². The number of aromatic carboxylic acids is 1. The van der Waals surface area contributed by atoms with Gasteiger partial charge in [-0.3, -0.25) is 9.79 Å². The van der Waals surface area contributed by atoms with Crippen LogP contribution in [0.1, 0.15) is 46.8 Å². The zero-order valence-electron chi connectivity index (χ0n) is 20.8. The number of aliphatic imine (C=N–C) groups is 1. The highest BCUT2D eigenvalue weighted by Gasteiger charge is 2.34. The van der Waals surface area contributed by atoms with Crippen molar-refractivity contribution in [3.8, 4) is 0 Å². The predicted molar refractivity (Wildman–Crippen MR) is 143 cm³/mol. The van der Waals surface area contributed by atoms with Gasteiger partial charge in [-0.25, -0.2) is 14.2 Å². The van der Waals surface area contributed by atoms with E-state index in [0.717, 1.165) is 47.9 Å². The number of anilines is 1. The molecule has 1 atom stereocenters. The van der Waals surface area contributed by atoms with Gasteiger partial charge in [0, 0.05) is 48.9 Å². The summed E-state index contributed by atoms with van der Waals surface area (Å²) in [6, 6.07) is 9.27. The van der Waals surface area contributed by atoms with Gasteiger partial charge in [-0.1, -0.05) is 41.6 Å². The number of hydrogen-bond acceptors (Lipinski definition) is 7. The summed E-state index contributed by atoms with van der Waals surface area (Å²) in [6.07, 6.45) is 7.95. The fraction of sp³-hybridized carbons (Fsp3) is 0.321. The Balaban J connectivity index is 1.34. The van der Waals surface area contributed by atoms with Gasteiger partial charge in [0.05, 0.1) is 17.6 Å². The van der Waals surface area contributed by atoms with Crippen LogP contribution in [0, 0.1) is 11.7 Å². The minimum Gasteiger partial charge on any atom is -0.477 e. The number of fused-ring (bicyclic) bond motifs is 2. The van der Waals surface area contributed by atoms with E-state index in [-0.39, 0.29) is 28.7 Å². The van der Waals surface area contributed by atoms with Crippen LogP contribution in [0.2, 0.25) is 0 Å². The van der Waals surface area contributed by atoms with Gasteiger partial charge in [-0.05, 0) is 24.5 Å². The van der Waals surface area contributed by atoms with Crippen molar-refractivity contribution in [2.24, 2.45) is 16.1 Å². The van der Waals surface area contributed by atoms with Crippen molar-refractivity contribution in [3.63, 3.8) is 0 Å². The molecule has 3 aliphatic rings. The second-order valence-electron chi connectivity index (χ2n) is 9.80. The Morgan fingerprint density at radius 3 is 2.87 bits per heavy atom. The number of benzene rings is 1. The molecule has 3 heterocycles. The highest BCUT2D eigenvalue weighted by Crippen LogP contribution is 2.37. The highest BCUT2D eigenvalue weighted by atomic mass is 19.1. The lowest BCUT2D eigenvalue weighted by atomic mass is 9.95. The summed E-state index contributed by atoms with van der Waals surface area (Å²) in [6.45, 7) is 1.18. The standard InChI is InChI=1S/C28H26FN5O4/c1-38-32-24-15-33(13-17(24)12-30-23-8-4-6-16-5-2-3-7-19(16)23)27-22(29)11-20-25(35)21(28(36)37)14-34(18-9-10-18)26(20)31-27/h2-7,11,14,17-18H,8-10,12-13,15H2,1H3,(H,36,37)/b30-23+,32-24-. The van der Waals surface area contributed by atoms with Crippen molar-refractivity contribution in [2.45, 2.75) is 25.3 Å². The van der Waals surface area contributed by atoms with Crippen LogP contribution >= 0.6 is 0 Å². The smallest absolute Gasteiger partial charge is 0.341 e. The molecule has 38 heavy (non-hydrogen) atoms. The van der Waals surface area contributed by atoms with E-state index in [1.807, 2.05) is 12.1 Å². The summed E-state index contributed by atoms with van der Waals surface area (Å²) in [5, 5.41) is 13.7. The molecule has 0 spiro atoms. The van der Waals surface area contributed by atoms with Crippen molar-refractivity contribution in [3.05, 3.63) is 75.3 Å². The number of allylic oxidation sites excluding steroid dienone is 1. The number of pyridine rings is 2. The number of nitrogens with zero attached hydrogens (tertiary/aromatic N) is 5. The monoisotopic (exact) mass is 515 g/mol. The second kappa shape index (κ2) is 9.51. The number of halogens is 1. The summed E-state index contributed by atoms with van der Waals surface area (Å²) in [4.78, 5) is 40.8. The van der Waals surface area contributed by atoms with Crippen molar-refractivity contribution in [2.75, 3.05) is 31.6 Å². The molecule has 3 aromatic rings. The molecular weight excluding hydrogens is 489 g/mol. The van der Waals surface area contributed by atoms with Gasteiger partial charge in [0.25, 0.3) is 0 Å². The van der Waals surface area contributed by atoms with Gasteiger partial charge in [0.2, 0.25) is 5.43 Å². The number of hydrogen-bond donors (Lipinski definition) is 1. The number of carboxylic acids is 1. The fourth-order valence-electron chi connectivity index (χ4n) is 5.23. The first-order valence-corrected chi connectivity index (χ1v) is 12.6. The Kier molecular flexibility index (Phi) is 6.01. The third-order valence-electron chi connectivity index (χ3n) is 7.27. The van der Waals surface area contributed by atoms with E-state index in [0.29, 0.717) is 25.3 Å². The maximum atomic E-state index is 15.4. The minimum absolute atomic E-state index is 0.0324. The molecule has 1 N–H and O–H groups in total. The fourth-order valence-corrected chi connectivity index (χ4v) is 5.23. The van der Waals surface area contributed by atoms with Crippen LogP contribution in [0.4, 0.5) is 10.2 Å². The second-order valence-corrected chi connectivity index (χ2v) is 9.80. The first-order valence-electron chi connectivity index (χ1n) is 12.6. The first-order chi connectivity index (χ1) is 18.4. The van der Waals surface area contributed by atoms with Crippen LogP contribution in [0.25, 0.3) is 17.1 Å². The largest absolute Gasteiger partial charge is 0.477 e. The van der Waals surface area contributed by atoms with E-state index in [2.05, 4.69) is 34.4 Å². The number of oxime groups is 1. The maximum absolute atomic E-state index is 15.4. The minimum atomic E-state index is -1.34. The summed E-state index contributed by atoms with van der Waals surface area (Å²) >= 11 is 0. The molecule has 2 aliphatic carbocycles. The third kappa shape index (κ3) is 4.25. The average molecular weight is 516 g/mol. The van der Waals surface area contributed by atoms with Crippen LogP contribution in [0.5, 0.6) is 0 Å². The van der Waals surface area contributed by atoms with Crippen molar-refractivity contribution < 1.29 is 19.1 Å². The molecular formula is C28H26FN5O4. The van der Waals surface area contributed by atoms with Gasteiger partial charge < -0.3 is 19.4 Å². The van der Waals surface area contributed by atoms with Crippen LogP contribution in [0.3, 0.4) is 0 Å². The molecule has 0 radical (unpaired) electrons. The normalized spacial score (nSPS) is 20.9. The molecule has 1 unspecified atom stereocenters. The average Bonchev–Trinajstić information content (AvgIpc) is 3.68. The zero-order chi connectivity index (χ0) is 26.4. The van der Waals surface area contributed by atoms with Crippen LogP contribution in [-0.2, 0) is 4.84 Å². The highest BCUT2D eigenvalue weighted by molar-refractivity contribution is 6.06. The van der Waals surface area contributed by atoms with Crippen molar-refractivity contribution in [1.29, 1.82) is 0 Å². The van der Waals surface area contributed by atoms with Gasteiger partial charge in [-0.2, -0.15) is 0 Å². The quantitative estimate of drug-likeness (QED) is 0.499. The lowest BCUT2D eigenvalue weighted by Crippen LogP contribution is -2.25. The van der Waals surface area contributed by atoms with E-state index < -0.39 is 17.2 Å². The van der Waals surface area contributed by atoms with Crippen LogP contribution in [0.15, 0.2) is 57.5 Å². The summed E-state index contributed by atoms with van der Waals surface area (Å²) in [7, 11) is 1.48. The number of carbonyl (C=O) groups is 1. The third-order valence-corrected chi connectivity index (χ3v) is 7.27. The molecule has 1 aliphatic heterocycles. The van der Waals surface area contributed by atoms with Gasteiger partial charge >= 0.3 is 5.97 Å². The van der Waals surface area contributed by atoms with E-state index in [1.54, 1.807) is 9.47 Å². The number of carboxylic acid groups (broad SMARTS) is 1. The summed E-state index contributed by atoms with van der Waals surface area (Å²) < 4.78 is 17.1. The lowest BCUT2D eigenvalue weighted by molar-refractivity contribution is 0.0695. The topological polar surface area (TPSA) is 109 Å². The van der Waals surface area contributed by atoms with E-state index in [9.17, 15) is 14.7 Å². The predicted octanol–water partition coefficient (Wildman–Crippen LogP) is 3.91. The summed E-state index contributed by atoms with van der Waals surface area (Å²) in [5.74, 6) is -2.04. The lowest BCUT2D eigenvalue weighted by Gasteiger charge is -2.19. The molecule has 6 rings (SSSR count). The van der Waals surface area contributed by atoms with Crippen LogP contribution in [-0.4, -0.2) is 58.8 Å². The molecule has 194 valence electrons. The van der Waals surface area contributed by atoms with Gasteiger partial charge in [0.1, 0.15) is 18.3 Å². The molecule has 1 saturated heterocycles. The van der Waals surface area contributed by atoms with E-state index >= 15 is 4.39 Å². The molecule has 9 nitrogen and oxygen atoms in total. The Morgan fingerprint density at radius 1 is 1.29 bits per heavy atom. The molecule has 0 bridgehead atoms. The molecule has 10 heteroatoms. The van der Waals surface area contributed by atoms with Crippen molar-refractivity contribution >= 4 is 40.3 Å².